The number of carbonyl (C=O) groups is 1. The molecule has 0 aliphatic heterocycles. The molecular weight excluding hydrogens is 176 g/mol. The summed E-state index contributed by atoms with van der Waals surface area (Å²) in [5.41, 5.74) is 2.25. The number of fused-ring (bicyclic) bond motifs is 1. The molecule has 0 amide bonds. The van der Waals surface area contributed by atoms with Crippen molar-refractivity contribution in [2.45, 2.75) is 25.2 Å². The Morgan fingerprint density at radius 2 is 2.07 bits per heavy atom. The van der Waals surface area contributed by atoms with Crippen LogP contribution in [-0.4, -0.2) is 17.5 Å². The summed E-state index contributed by atoms with van der Waals surface area (Å²) >= 11 is 0. The van der Waals surface area contributed by atoms with Gasteiger partial charge in [-0.1, -0.05) is 24.3 Å². The van der Waals surface area contributed by atoms with Gasteiger partial charge in [0.25, 0.3) is 0 Å². The van der Waals surface area contributed by atoms with Crippen LogP contribution in [0.5, 0.6) is 0 Å². The van der Waals surface area contributed by atoms with Gasteiger partial charge in [-0.25, -0.2) is 0 Å². The second kappa shape index (κ2) is 3.93. The van der Waals surface area contributed by atoms with Crippen molar-refractivity contribution < 1.29 is 9.90 Å². The van der Waals surface area contributed by atoms with Gasteiger partial charge in [0.15, 0.2) is 0 Å². The van der Waals surface area contributed by atoms with Crippen molar-refractivity contribution in [1.82, 2.24) is 0 Å². The van der Waals surface area contributed by atoms with Gasteiger partial charge in [0, 0.05) is 6.42 Å². The second-order valence-corrected chi connectivity index (χ2v) is 3.75. The molecule has 0 heterocycles. The van der Waals surface area contributed by atoms with E-state index in [1.54, 1.807) is 0 Å². The number of rotatable bonds is 1. The molecule has 14 heavy (non-hydrogen) atoms. The fraction of sp³-hybridized carbons (Fsp3) is 0.417. The molecule has 0 saturated heterocycles. The zero-order valence-electron chi connectivity index (χ0n) is 8.07. The van der Waals surface area contributed by atoms with Gasteiger partial charge in [-0.15, -0.1) is 0 Å². The van der Waals surface area contributed by atoms with Crippen LogP contribution in [0.4, 0.5) is 0 Å². The molecule has 1 unspecified atom stereocenters. The Morgan fingerprint density at radius 1 is 1.29 bits per heavy atom. The molecule has 0 bridgehead atoms. The van der Waals surface area contributed by atoms with Crippen molar-refractivity contribution in [3.63, 3.8) is 0 Å². The highest BCUT2D eigenvalue weighted by Crippen LogP contribution is 2.27. The number of carbonyl (C=O) groups excluding carboxylic acids is 1. The second-order valence-electron chi connectivity index (χ2n) is 3.75. The summed E-state index contributed by atoms with van der Waals surface area (Å²) < 4.78 is 0. The molecule has 1 aliphatic carbocycles. The van der Waals surface area contributed by atoms with Crippen molar-refractivity contribution in [1.29, 1.82) is 0 Å². The van der Waals surface area contributed by atoms with Crippen molar-refractivity contribution >= 4 is 5.78 Å². The number of ketones is 1. The third-order valence-corrected chi connectivity index (χ3v) is 2.87. The molecule has 0 aromatic heterocycles. The van der Waals surface area contributed by atoms with Crippen LogP contribution < -0.4 is 0 Å². The van der Waals surface area contributed by atoms with E-state index in [0.717, 1.165) is 18.4 Å². The maximum atomic E-state index is 11.6. The molecular formula is C12H14O2. The number of aliphatic hydroxyl groups excluding tert-OH is 1. The standard InChI is InChI=1S/C12H14O2/c13-8-11-10-6-2-1-4-9(10)5-3-7-12(11)14/h1-2,4,6,11,13H,3,5,7-8H2. The maximum absolute atomic E-state index is 11.6. The van der Waals surface area contributed by atoms with Gasteiger partial charge in [-0.05, 0) is 24.0 Å². The van der Waals surface area contributed by atoms with Crippen LogP contribution in [0.2, 0.25) is 0 Å². The monoisotopic (exact) mass is 190 g/mol. The van der Waals surface area contributed by atoms with Crippen LogP contribution in [0.25, 0.3) is 0 Å². The minimum Gasteiger partial charge on any atom is -0.395 e. The van der Waals surface area contributed by atoms with Gasteiger partial charge in [0.2, 0.25) is 0 Å². The highest BCUT2D eigenvalue weighted by atomic mass is 16.3. The Morgan fingerprint density at radius 3 is 2.86 bits per heavy atom. The van der Waals surface area contributed by atoms with E-state index in [0.29, 0.717) is 6.42 Å². The third kappa shape index (κ3) is 1.58. The first-order valence-electron chi connectivity index (χ1n) is 5.04. The SMILES string of the molecule is O=C1CCCc2ccccc2C1CO. The van der Waals surface area contributed by atoms with Crippen LogP contribution in [0.3, 0.4) is 0 Å². The summed E-state index contributed by atoms with van der Waals surface area (Å²) in [4.78, 5) is 11.6. The van der Waals surface area contributed by atoms with E-state index in [9.17, 15) is 9.90 Å². The number of Topliss-reactive ketones (excluding diaryl/α,β-unsaturated/α-hetero) is 1. The quantitative estimate of drug-likeness (QED) is 0.684. The van der Waals surface area contributed by atoms with Crippen LogP contribution in [0.15, 0.2) is 24.3 Å². The molecule has 1 aliphatic rings. The van der Waals surface area contributed by atoms with Gasteiger partial charge in [0.1, 0.15) is 5.78 Å². The van der Waals surface area contributed by atoms with Crippen molar-refractivity contribution in [3.8, 4) is 0 Å². The van der Waals surface area contributed by atoms with Crippen molar-refractivity contribution in [3.05, 3.63) is 35.4 Å². The first kappa shape index (κ1) is 9.41. The Labute approximate surface area is 83.6 Å². The maximum Gasteiger partial charge on any atom is 0.142 e. The molecule has 0 fully saturated rings. The minimum atomic E-state index is -0.284. The minimum absolute atomic E-state index is 0.0597. The van der Waals surface area contributed by atoms with E-state index in [2.05, 4.69) is 6.07 Å². The molecule has 1 atom stereocenters. The normalized spacial score (nSPS) is 21.5. The highest BCUT2D eigenvalue weighted by molar-refractivity contribution is 5.86. The predicted molar refractivity (Wildman–Crippen MR) is 54.2 cm³/mol. The van der Waals surface area contributed by atoms with E-state index in [1.165, 1.54) is 5.56 Å². The van der Waals surface area contributed by atoms with Crippen LogP contribution >= 0.6 is 0 Å². The summed E-state index contributed by atoms with van der Waals surface area (Å²) in [7, 11) is 0. The smallest absolute Gasteiger partial charge is 0.142 e. The van der Waals surface area contributed by atoms with Crippen molar-refractivity contribution in [2.24, 2.45) is 0 Å². The lowest BCUT2D eigenvalue weighted by molar-refractivity contribution is -0.121. The van der Waals surface area contributed by atoms with Gasteiger partial charge < -0.3 is 5.11 Å². The van der Waals surface area contributed by atoms with Crippen LogP contribution in [0, 0.1) is 0 Å². The van der Waals surface area contributed by atoms with Crippen LogP contribution in [-0.2, 0) is 11.2 Å². The lowest BCUT2D eigenvalue weighted by Crippen LogP contribution is -2.15. The Balaban J connectivity index is 2.44. The summed E-state index contributed by atoms with van der Waals surface area (Å²) in [6, 6.07) is 7.93. The molecule has 1 aromatic carbocycles. The molecule has 74 valence electrons. The molecule has 1 aromatic rings. The average Bonchev–Trinajstić information content (AvgIpc) is 2.36. The number of hydrogen-bond donors (Lipinski definition) is 1. The molecule has 0 radical (unpaired) electrons. The van der Waals surface area contributed by atoms with Crippen molar-refractivity contribution in [2.75, 3.05) is 6.61 Å². The zero-order chi connectivity index (χ0) is 9.97. The molecule has 1 N–H and O–H groups in total. The van der Waals surface area contributed by atoms with E-state index in [-0.39, 0.29) is 18.3 Å². The summed E-state index contributed by atoms with van der Waals surface area (Å²) in [5, 5.41) is 9.21. The lowest BCUT2D eigenvalue weighted by atomic mass is 9.93. The number of hydrogen-bond acceptors (Lipinski definition) is 2. The number of benzene rings is 1. The molecule has 2 rings (SSSR count). The fourth-order valence-electron chi connectivity index (χ4n) is 2.10. The first-order valence-corrected chi connectivity index (χ1v) is 5.04. The summed E-state index contributed by atoms with van der Waals surface area (Å²) in [5.74, 6) is -0.105. The Kier molecular flexibility index (Phi) is 2.64. The lowest BCUT2D eigenvalue weighted by Gasteiger charge is -2.13. The molecule has 2 heteroatoms. The van der Waals surface area contributed by atoms with Gasteiger partial charge in [-0.2, -0.15) is 0 Å². The Bertz CT molecular complexity index is 344. The van der Waals surface area contributed by atoms with Gasteiger partial charge in [-0.3, -0.25) is 4.79 Å². The molecule has 0 saturated carbocycles. The predicted octanol–water partition coefficient (Wildman–Crippen LogP) is 1.67. The molecule has 2 nitrogen and oxygen atoms in total. The Hall–Kier alpha value is -1.15. The van der Waals surface area contributed by atoms with E-state index >= 15 is 0 Å². The van der Waals surface area contributed by atoms with E-state index in [4.69, 9.17) is 0 Å². The number of aliphatic hydroxyl groups is 1. The summed E-state index contributed by atoms with van der Waals surface area (Å²) in [6.45, 7) is -0.0597. The summed E-state index contributed by atoms with van der Waals surface area (Å²) in [6.07, 6.45) is 2.46. The van der Waals surface area contributed by atoms with E-state index in [1.807, 2.05) is 18.2 Å². The van der Waals surface area contributed by atoms with Gasteiger partial charge in [0.05, 0.1) is 12.5 Å². The topological polar surface area (TPSA) is 37.3 Å². The van der Waals surface area contributed by atoms with E-state index < -0.39 is 0 Å². The highest BCUT2D eigenvalue weighted by Gasteiger charge is 2.24. The largest absolute Gasteiger partial charge is 0.395 e. The first-order chi connectivity index (χ1) is 6.83. The van der Waals surface area contributed by atoms with Crippen LogP contribution in [0.1, 0.15) is 29.9 Å². The third-order valence-electron chi connectivity index (χ3n) is 2.87. The molecule has 0 spiro atoms. The zero-order valence-corrected chi connectivity index (χ0v) is 8.07. The average molecular weight is 190 g/mol. The number of aryl methyl sites for hydroxylation is 1. The van der Waals surface area contributed by atoms with Gasteiger partial charge >= 0.3 is 0 Å². The fourth-order valence-corrected chi connectivity index (χ4v) is 2.10.